The summed E-state index contributed by atoms with van der Waals surface area (Å²) >= 11 is 0. The van der Waals surface area contributed by atoms with E-state index in [4.69, 9.17) is 9.47 Å². The average molecular weight is 532 g/mol. The normalized spacial score (nSPS) is 42.6. The Hall–Kier alpha value is -3.32. The molecule has 1 aromatic carbocycles. The Morgan fingerprint density at radius 1 is 1.13 bits per heavy atom. The topological polar surface area (TPSA) is 102 Å². The third-order valence-electron chi connectivity index (χ3n) is 9.29. The number of allylic oxidation sites excluding steroid dienone is 3. The number of nitrogens with one attached hydrogen (secondary N) is 1. The van der Waals surface area contributed by atoms with Crippen molar-refractivity contribution in [1.82, 2.24) is 5.32 Å². The third-order valence-corrected chi connectivity index (χ3v) is 9.29. The lowest BCUT2D eigenvalue weighted by Crippen LogP contribution is -2.58. The summed E-state index contributed by atoms with van der Waals surface area (Å²) in [5.41, 5.74) is -0.177. The molecule has 2 unspecified atom stereocenters. The number of ketones is 2. The predicted molar refractivity (Wildman–Crippen MR) is 145 cm³/mol. The van der Waals surface area contributed by atoms with E-state index in [1.54, 1.807) is 6.92 Å². The summed E-state index contributed by atoms with van der Waals surface area (Å²) in [5, 5.41) is 3.19. The number of ether oxygens (including phenoxy) is 2. The number of epoxide rings is 1. The molecule has 0 aromatic heterocycles. The van der Waals surface area contributed by atoms with E-state index >= 15 is 0 Å². The van der Waals surface area contributed by atoms with Crippen LogP contribution in [-0.2, 0) is 35.1 Å². The fourth-order valence-electron chi connectivity index (χ4n) is 7.30. The molecule has 1 amide bonds. The minimum atomic E-state index is -1.41. The molecule has 9 atom stereocenters. The molecule has 206 valence electrons. The van der Waals surface area contributed by atoms with E-state index in [1.807, 2.05) is 55.5 Å². The molecule has 3 fully saturated rings. The number of benzene rings is 1. The van der Waals surface area contributed by atoms with Crippen LogP contribution in [0, 0.1) is 29.1 Å². The van der Waals surface area contributed by atoms with Crippen LogP contribution in [-0.4, -0.2) is 47.3 Å². The first-order valence-electron chi connectivity index (χ1n) is 13.8. The molecule has 2 aliphatic heterocycles. The van der Waals surface area contributed by atoms with Crippen molar-refractivity contribution in [2.75, 3.05) is 0 Å². The van der Waals surface area contributed by atoms with Crippen molar-refractivity contribution in [3.05, 3.63) is 71.8 Å². The summed E-state index contributed by atoms with van der Waals surface area (Å²) in [5.74, 6) is -2.68. The second-order valence-electron chi connectivity index (χ2n) is 11.8. The Bertz CT molecular complexity index is 1280. The fourth-order valence-corrected chi connectivity index (χ4v) is 7.30. The maximum absolute atomic E-state index is 14.3. The summed E-state index contributed by atoms with van der Waals surface area (Å²) in [7, 11) is 0. The van der Waals surface area contributed by atoms with Crippen molar-refractivity contribution in [1.29, 1.82) is 0 Å². The number of carbonyl (C=O) groups is 4. The highest BCUT2D eigenvalue weighted by atomic mass is 16.6. The van der Waals surface area contributed by atoms with Gasteiger partial charge in [0.1, 0.15) is 5.41 Å². The molecule has 1 spiro atoms. The van der Waals surface area contributed by atoms with Gasteiger partial charge in [0, 0.05) is 24.8 Å². The van der Waals surface area contributed by atoms with E-state index in [-0.39, 0.29) is 35.8 Å². The summed E-state index contributed by atoms with van der Waals surface area (Å²) in [6.07, 6.45) is 8.15. The maximum Gasteiger partial charge on any atom is 0.303 e. The smallest absolute Gasteiger partial charge is 0.303 e. The van der Waals surface area contributed by atoms with Crippen molar-refractivity contribution in [3.8, 4) is 0 Å². The van der Waals surface area contributed by atoms with Crippen molar-refractivity contribution < 1.29 is 28.7 Å². The van der Waals surface area contributed by atoms with Crippen molar-refractivity contribution in [2.24, 2.45) is 29.1 Å². The second-order valence-corrected chi connectivity index (χ2v) is 11.8. The second kappa shape index (κ2) is 10.0. The minimum Gasteiger partial charge on any atom is -0.450 e. The van der Waals surface area contributed by atoms with Crippen LogP contribution < -0.4 is 5.32 Å². The highest BCUT2D eigenvalue weighted by Gasteiger charge is 2.78. The summed E-state index contributed by atoms with van der Waals surface area (Å²) in [6, 6.07) is 9.66. The monoisotopic (exact) mass is 531 g/mol. The molecule has 2 saturated heterocycles. The Kier molecular flexibility index (Phi) is 7.00. The minimum absolute atomic E-state index is 0.0385. The lowest BCUT2D eigenvalue weighted by Gasteiger charge is -2.45. The van der Waals surface area contributed by atoms with Crippen LogP contribution in [0.15, 0.2) is 66.3 Å². The van der Waals surface area contributed by atoms with Crippen LogP contribution in [0.2, 0.25) is 0 Å². The first kappa shape index (κ1) is 27.3. The molecule has 0 radical (unpaired) electrons. The van der Waals surface area contributed by atoms with Crippen molar-refractivity contribution in [3.63, 3.8) is 0 Å². The summed E-state index contributed by atoms with van der Waals surface area (Å²) < 4.78 is 11.7. The van der Waals surface area contributed by atoms with Gasteiger partial charge >= 0.3 is 5.97 Å². The van der Waals surface area contributed by atoms with Crippen LogP contribution in [0.5, 0.6) is 0 Å². The van der Waals surface area contributed by atoms with Gasteiger partial charge in [0.05, 0.1) is 11.7 Å². The Morgan fingerprint density at radius 3 is 2.54 bits per heavy atom. The van der Waals surface area contributed by atoms with Gasteiger partial charge in [-0.2, -0.15) is 0 Å². The highest BCUT2D eigenvalue weighted by molar-refractivity contribution is 6.15. The number of hydrogen-bond donors (Lipinski definition) is 1. The number of hydrogen-bond acceptors (Lipinski definition) is 6. The lowest BCUT2D eigenvalue weighted by atomic mass is 9.51. The molecule has 1 saturated carbocycles. The number of carbonyl (C=O) groups excluding carboxylic acids is 4. The molecular formula is C32H37NO6. The van der Waals surface area contributed by atoms with Crippen LogP contribution in [0.4, 0.5) is 0 Å². The van der Waals surface area contributed by atoms with Crippen LogP contribution in [0.1, 0.15) is 46.6 Å². The Labute approximate surface area is 229 Å². The Morgan fingerprint density at radius 2 is 1.85 bits per heavy atom. The predicted octanol–water partition coefficient (Wildman–Crippen LogP) is 3.92. The maximum atomic E-state index is 14.3. The molecule has 1 aromatic rings. The first-order valence-corrected chi connectivity index (χ1v) is 13.8. The summed E-state index contributed by atoms with van der Waals surface area (Å²) in [6.45, 7) is 9.16. The van der Waals surface area contributed by atoms with Crippen LogP contribution in [0.25, 0.3) is 0 Å². The highest BCUT2D eigenvalue weighted by Crippen LogP contribution is 2.66. The fraction of sp³-hybridized carbons (Fsp3) is 0.500. The van der Waals surface area contributed by atoms with E-state index in [1.165, 1.54) is 19.1 Å². The quantitative estimate of drug-likeness (QED) is 0.275. The van der Waals surface area contributed by atoms with Gasteiger partial charge in [-0.1, -0.05) is 62.4 Å². The van der Waals surface area contributed by atoms with Gasteiger partial charge in [0.2, 0.25) is 11.7 Å². The molecule has 0 bridgehead atoms. The van der Waals surface area contributed by atoms with Crippen LogP contribution >= 0.6 is 0 Å². The molecule has 4 aliphatic rings. The average Bonchev–Trinajstić information content (AvgIpc) is 3.50. The molecule has 5 rings (SSSR count). The van der Waals surface area contributed by atoms with E-state index in [0.717, 1.165) is 5.56 Å². The number of rotatable bonds is 3. The molecule has 7 heteroatoms. The molecule has 1 N–H and O–H groups in total. The van der Waals surface area contributed by atoms with E-state index in [2.05, 4.69) is 19.2 Å². The Balaban J connectivity index is 1.61. The molecule has 39 heavy (non-hydrogen) atoms. The lowest BCUT2D eigenvalue weighted by molar-refractivity contribution is -0.149. The van der Waals surface area contributed by atoms with Crippen molar-refractivity contribution >= 4 is 23.4 Å². The van der Waals surface area contributed by atoms with Gasteiger partial charge in [-0.3, -0.25) is 19.2 Å². The molecular weight excluding hydrogens is 494 g/mol. The largest absolute Gasteiger partial charge is 0.450 e. The van der Waals surface area contributed by atoms with Gasteiger partial charge in [-0.25, -0.2) is 0 Å². The van der Waals surface area contributed by atoms with Gasteiger partial charge in [0.25, 0.3) is 0 Å². The van der Waals surface area contributed by atoms with Crippen LogP contribution in [0.3, 0.4) is 0 Å². The zero-order chi connectivity index (χ0) is 28.1. The number of amides is 1. The van der Waals surface area contributed by atoms with E-state index in [0.29, 0.717) is 18.4 Å². The zero-order valence-electron chi connectivity index (χ0n) is 23.2. The van der Waals surface area contributed by atoms with E-state index < -0.39 is 40.6 Å². The number of fused-ring (bicyclic) bond motifs is 2. The molecule has 2 aliphatic carbocycles. The standard InChI is InChI=1S/C32H37NO6/c1-18-10-9-13-23-29-31(5,39-29)20(3)27-24(17-22-11-7-6-8-12-22)33-30(37)32(23,27)26(36)15-14-25(35)28(19(2)16-18)38-21(4)34/h6-9,11-16,18,20,23-24,27-29H,10,17H2,1-5H3,(H,33,37)/b13-9+,15-14+,19-16+/t18-,20-,23?,24-,27-,28+,29-,31+,32?/m0/s1. The van der Waals surface area contributed by atoms with Gasteiger partial charge < -0.3 is 14.8 Å². The number of esters is 1. The van der Waals surface area contributed by atoms with Gasteiger partial charge in [0.15, 0.2) is 11.9 Å². The van der Waals surface area contributed by atoms with Gasteiger partial charge in [-0.15, -0.1) is 0 Å². The van der Waals surface area contributed by atoms with E-state index in [9.17, 15) is 19.2 Å². The SMILES string of the molecule is CC(=O)O[C@H]1C(=O)/C=C/C(=O)C23C(=O)N[C@@H](Cc4ccccc4)[C@@H]2[C@H](C)[C@@]2(C)O[C@H]2C3/C=C/C[C@H](C)/C=C/1C. The van der Waals surface area contributed by atoms with Gasteiger partial charge in [-0.05, 0) is 61.8 Å². The van der Waals surface area contributed by atoms with Crippen molar-refractivity contribution in [2.45, 2.75) is 71.3 Å². The molecule has 2 heterocycles. The molecule has 7 nitrogen and oxygen atoms in total. The first-order chi connectivity index (χ1) is 18.5. The third kappa shape index (κ3) is 4.50. The summed E-state index contributed by atoms with van der Waals surface area (Å²) in [4.78, 5) is 53.4. The zero-order valence-corrected chi connectivity index (χ0v) is 23.2.